The van der Waals surface area contributed by atoms with Crippen LogP contribution in [0.3, 0.4) is 0 Å². The molecule has 2 heterocycles. The molecular formula is C23H30N4O3S+2. The van der Waals surface area contributed by atoms with Gasteiger partial charge in [0.25, 0.3) is 0 Å². The van der Waals surface area contributed by atoms with Gasteiger partial charge in [0.1, 0.15) is 26.2 Å². The van der Waals surface area contributed by atoms with E-state index in [2.05, 4.69) is 12.4 Å². The molecule has 2 aliphatic heterocycles. The van der Waals surface area contributed by atoms with E-state index < -0.39 is 6.09 Å². The molecule has 7 nitrogen and oxygen atoms in total. The molecule has 0 radical (unpaired) electrons. The van der Waals surface area contributed by atoms with Gasteiger partial charge in [-0.1, -0.05) is 23.9 Å². The van der Waals surface area contributed by atoms with Crippen LogP contribution in [0.1, 0.15) is 13.3 Å². The summed E-state index contributed by atoms with van der Waals surface area (Å²) in [4.78, 5) is 32.3. The lowest BCUT2D eigenvalue weighted by Gasteiger charge is -2.32. The van der Waals surface area contributed by atoms with E-state index in [0.717, 1.165) is 53.9 Å². The number of rotatable bonds is 5. The number of carbonyl (C=O) groups excluding carboxylic acids is 2. The van der Waals surface area contributed by atoms with E-state index in [4.69, 9.17) is 4.74 Å². The van der Waals surface area contributed by atoms with Crippen molar-refractivity contribution in [2.24, 2.45) is 0 Å². The third kappa shape index (κ3) is 5.03. The molecule has 0 aliphatic carbocycles. The van der Waals surface area contributed by atoms with Crippen LogP contribution in [0.5, 0.6) is 0 Å². The molecule has 4 rings (SSSR count). The van der Waals surface area contributed by atoms with Crippen molar-refractivity contribution in [3.8, 4) is 0 Å². The molecule has 0 spiro atoms. The number of anilines is 3. The van der Waals surface area contributed by atoms with Crippen LogP contribution in [-0.4, -0.2) is 58.4 Å². The van der Waals surface area contributed by atoms with Gasteiger partial charge < -0.3 is 14.5 Å². The molecule has 3 N–H and O–H groups in total. The molecule has 0 aromatic heterocycles. The van der Waals surface area contributed by atoms with Crippen molar-refractivity contribution in [3.63, 3.8) is 0 Å². The maximum absolute atomic E-state index is 13.5. The predicted molar refractivity (Wildman–Crippen MR) is 122 cm³/mol. The molecule has 164 valence electrons. The second-order valence-electron chi connectivity index (χ2n) is 8.03. The van der Waals surface area contributed by atoms with Gasteiger partial charge in [-0.25, -0.2) is 4.79 Å². The largest absolute Gasteiger partial charge is 0.450 e. The Morgan fingerprint density at radius 1 is 1.06 bits per heavy atom. The Morgan fingerprint density at radius 3 is 2.58 bits per heavy atom. The van der Waals surface area contributed by atoms with Crippen molar-refractivity contribution >= 4 is 40.8 Å². The third-order valence-electron chi connectivity index (χ3n) is 5.80. The summed E-state index contributed by atoms with van der Waals surface area (Å²) in [6.07, 6.45) is -0.00694. The fourth-order valence-electron chi connectivity index (χ4n) is 4.06. The number of para-hydroxylation sites is 1. The first-order valence-electron chi connectivity index (χ1n) is 10.9. The van der Waals surface area contributed by atoms with Gasteiger partial charge in [0, 0.05) is 15.5 Å². The number of hydrogen-bond donors (Lipinski definition) is 3. The van der Waals surface area contributed by atoms with Gasteiger partial charge in [0.2, 0.25) is 5.91 Å². The van der Waals surface area contributed by atoms with Gasteiger partial charge in [-0.3, -0.25) is 15.0 Å². The number of piperazine rings is 1. The lowest BCUT2D eigenvalue weighted by molar-refractivity contribution is -1.00. The molecule has 0 saturated carbocycles. The first kappa shape index (κ1) is 21.7. The van der Waals surface area contributed by atoms with Crippen LogP contribution < -0.4 is 20.0 Å². The Labute approximate surface area is 187 Å². The summed E-state index contributed by atoms with van der Waals surface area (Å²) in [7, 11) is 2.23. The van der Waals surface area contributed by atoms with Gasteiger partial charge >= 0.3 is 6.09 Å². The number of fused-ring (bicyclic) bond motifs is 2. The van der Waals surface area contributed by atoms with E-state index in [1.54, 1.807) is 23.6 Å². The van der Waals surface area contributed by atoms with E-state index in [9.17, 15) is 9.59 Å². The smallest absolute Gasteiger partial charge is 0.411 e. The number of nitrogens with one attached hydrogen (secondary N) is 3. The van der Waals surface area contributed by atoms with Gasteiger partial charge in [-0.15, -0.1) is 0 Å². The van der Waals surface area contributed by atoms with E-state index in [1.807, 2.05) is 47.4 Å². The van der Waals surface area contributed by atoms with Crippen molar-refractivity contribution in [2.45, 2.75) is 23.1 Å². The molecule has 2 aliphatic rings. The molecule has 2 aromatic rings. The fraction of sp³-hybridized carbons (Fsp3) is 0.391. The number of carbonyl (C=O) groups is 2. The van der Waals surface area contributed by atoms with Crippen LogP contribution in [0.2, 0.25) is 0 Å². The number of nitrogens with zero attached hydrogens (tertiary/aromatic N) is 1. The molecule has 31 heavy (non-hydrogen) atoms. The minimum atomic E-state index is -0.495. The standard InChI is InChI=1S/C23H28N4O3S/c1-3-30-23(29)24-17-8-9-21-19(16-17)27(18-6-4-5-7-20(18)31-21)22(28)10-11-26-14-12-25(2)13-15-26/h4-9,16H,3,10-15H2,1-2H3,(H,24,29)/p+2. The maximum Gasteiger partial charge on any atom is 0.411 e. The van der Waals surface area contributed by atoms with Crippen molar-refractivity contribution in [1.29, 1.82) is 0 Å². The van der Waals surface area contributed by atoms with E-state index in [1.165, 1.54) is 4.90 Å². The minimum Gasteiger partial charge on any atom is -0.450 e. The SMILES string of the molecule is CCOC(=O)Nc1ccc2c(c1)N(C(=O)CC[NH+]1CC[NH+](C)CC1)c1ccccc1S2. The lowest BCUT2D eigenvalue weighted by Crippen LogP contribution is -3.27. The monoisotopic (exact) mass is 442 g/mol. The van der Waals surface area contributed by atoms with Crippen LogP contribution in [0.4, 0.5) is 21.9 Å². The fourth-order valence-corrected chi connectivity index (χ4v) is 5.10. The van der Waals surface area contributed by atoms with Crippen molar-refractivity contribution in [2.75, 3.05) is 56.6 Å². The Balaban J connectivity index is 1.57. The topological polar surface area (TPSA) is 67.5 Å². The molecule has 0 unspecified atom stereocenters. The van der Waals surface area contributed by atoms with Crippen molar-refractivity contribution in [1.82, 2.24) is 0 Å². The Morgan fingerprint density at radius 2 is 1.81 bits per heavy atom. The normalized spacial score (nSPS) is 19.9. The summed E-state index contributed by atoms with van der Waals surface area (Å²) < 4.78 is 4.99. The summed E-state index contributed by atoms with van der Waals surface area (Å²) in [5.74, 6) is 0.0843. The van der Waals surface area contributed by atoms with Crippen molar-refractivity contribution < 1.29 is 24.1 Å². The summed E-state index contributed by atoms with van der Waals surface area (Å²) in [6, 6.07) is 13.6. The number of likely N-dealkylation sites (N-methyl/N-ethyl adjacent to an activating group) is 1. The van der Waals surface area contributed by atoms with Crippen LogP contribution in [-0.2, 0) is 9.53 Å². The molecule has 1 fully saturated rings. The highest BCUT2D eigenvalue weighted by Crippen LogP contribution is 2.49. The zero-order valence-electron chi connectivity index (χ0n) is 18.1. The molecule has 1 saturated heterocycles. The van der Waals surface area contributed by atoms with E-state index >= 15 is 0 Å². The Kier molecular flexibility index (Phi) is 6.80. The summed E-state index contributed by atoms with van der Waals surface area (Å²) >= 11 is 1.64. The molecule has 0 bridgehead atoms. The Bertz CT molecular complexity index is 960. The number of ether oxygens (including phenoxy) is 1. The number of hydrogen-bond acceptors (Lipinski definition) is 4. The third-order valence-corrected chi connectivity index (χ3v) is 6.93. The molecule has 2 amide bonds. The molecule has 2 aromatic carbocycles. The minimum absolute atomic E-state index is 0.0843. The second kappa shape index (κ2) is 9.72. The molecule has 0 atom stereocenters. The van der Waals surface area contributed by atoms with Crippen LogP contribution in [0.15, 0.2) is 52.3 Å². The first-order valence-corrected chi connectivity index (χ1v) is 11.7. The van der Waals surface area contributed by atoms with E-state index in [0.29, 0.717) is 18.7 Å². The second-order valence-corrected chi connectivity index (χ2v) is 9.12. The van der Waals surface area contributed by atoms with Gasteiger partial charge in [0.15, 0.2) is 0 Å². The predicted octanol–water partition coefficient (Wildman–Crippen LogP) is 1.19. The van der Waals surface area contributed by atoms with Gasteiger partial charge in [-0.2, -0.15) is 0 Å². The highest BCUT2D eigenvalue weighted by molar-refractivity contribution is 7.99. The number of quaternary nitrogens is 2. The zero-order valence-corrected chi connectivity index (χ0v) is 18.9. The number of amides is 2. The van der Waals surface area contributed by atoms with E-state index in [-0.39, 0.29) is 5.91 Å². The lowest BCUT2D eigenvalue weighted by atomic mass is 10.1. The zero-order chi connectivity index (χ0) is 21.8. The quantitative estimate of drug-likeness (QED) is 0.651. The van der Waals surface area contributed by atoms with Crippen LogP contribution >= 0.6 is 11.8 Å². The summed E-state index contributed by atoms with van der Waals surface area (Å²) in [5, 5.41) is 2.75. The van der Waals surface area contributed by atoms with Gasteiger partial charge in [0.05, 0.1) is 38.0 Å². The maximum atomic E-state index is 13.5. The molecule has 8 heteroatoms. The average Bonchev–Trinajstić information content (AvgIpc) is 2.77. The highest BCUT2D eigenvalue weighted by atomic mass is 32.2. The summed E-state index contributed by atoms with van der Waals surface area (Å²) in [6.45, 7) is 7.43. The highest BCUT2D eigenvalue weighted by Gasteiger charge is 2.30. The summed E-state index contributed by atoms with van der Waals surface area (Å²) in [5.41, 5.74) is 2.32. The number of benzene rings is 2. The first-order chi connectivity index (χ1) is 15.0. The average molecular weight is 443 g/mol. The molecular weight excluding hydrogens is 412 g/mol. The van der Waals surface area contributed by atoms with Crippen LogP contribution in [0.25, 0.3) is 0 Å². The Hall–Kier alpha value is -2.55. The van der Waals surface area contributed by atoms with Gasteiger partial charge in [-0.05, 0) is 37.3 Å². The van der Waals surface area contributed by atoms with Crippen LogP contribution in [0, 0.1) is 0 Å². The van der Waals surface area contributed by atoms with Crippen molar-refractivity contribution in [3.05, 3.63) is 42.5 Å².